The molecular weight excluding hydrogens is 266 g/mol. The first-order valence-corrected chi connectivity index (χ1v) is 7.58. The summed E-state index contributed by atoms with van der Waals surface area (Å²) in [6.45, 7) is 8.68. The van der Waals surface area contributed by atoms with Gasteiger partial charge in [-0.05, 0) is 39.0 Å². The van der Waals surface area contributed by atoms with E-state index in [1.165, 1.54) is 5.56 Å². The van der Waals surface area contributed by atoms with Crippen LogP contribution >= 0.6 is 0 Å². The molecule has 0 bridgehead atoms. The van der Waals surface area contributed by atoms with Gasteiger partial charge < -0.3 is 14.3 Å². The number of ether oxygens (including phenoxy) is 1. The van der Waals surface area contributed by atoms with Crippen molar-refractivity contribution in [3.05, 3.63) is 35.6 Å². The lowest BCUT2D eigenvalue weighted by molar-refractivity contribution is -0.101. The molecule has 1 aliphatic rings. The molecular formula is C17H23NO3. The molecule has 0 aliphatic carbocycles. The van der Waals surface area contributed by atoms with E-state index in [0.717, 1.165) is 24.1 Å². The van der Waals surface area contributed by atoms with Crippen LogP contribution in [-0.2, 0) is 4.74 Å². The minimum Gasteiger partial charge on any atom is -0.458 e. The summed E-state index contributed by atoms with van der Waals surface area (Å²) in [7, 11) is 0. The smallest absolute Gasteiger partial charge is 0.139 e. The summed E-state index contributed by atoms with van der Waals surface area (Å²) in [4.78, 5) is 2.32. The normalized spacial score (nSPS) is 22.0. The third-order valence-corrected chi connectivity index (χ3v) is 4.19. The summed E-state index contributed by atoms with van der Waals surface area (Å²) in [6.07, 6.45) is -0.956. The Hall–Kier alpha value is -1.36. The lowest BCUT2D eigenvalue weighted by Gasteiger charge is -2.36. The molecule has 1 N–H and O–H groups in total. The molecule has 1 aromatic heterocycles. The predicted molar refractivity (Wildman–Crippen MR) is 82.4 cm³/mol. The van der Waals surface area contributed by atoms with Gasteiger partial charge in [0.15, 0.2) is 0 Å². The molecule has 2 unspecified atom stereocenters. The first-order valence-electron chi connectivity index (χ1n) is 7.58. The lowest BCUT2D eigenvalue weighted by atomic mass is 10.1. The monoisotopic (exact) mass is 289 g/mol. The molecule has 21 heavy (non-hydrogen) atoms. The number of aliphatic hydroxyl groups is 1. The van der Waals surface area contributed by atoms with Gasteiger partial charge >= 0.3 is 0 Å². The number of hydrogen-bond donors (Lipinski definition) is 1. The third kappa shape index (κ3) is 2.98. The number of morpholine rings is 1. The summed E-state index contributed by atoms with van der Waals surface area (Å²) < 4.78 is 11.5. The van der Waals surface area contributed by atoms with Crippen molar-refractivity contribution in [2.24, 2.45) is 0 Å². The number of benzene rings is 1. The zero-order valence-electron chi connectivity index (χ0n) is 12.9. The van der Waals surface area contributed by atoms with Crippen molar-refractivity contribution in [2.75, 3.05) is 19.7 Å². The Bertz CT molecular complexity index is 620. The van der Waals surface area contributed by atoms with Gasteiger partial charge in [-0.3, -0.25) is 4.90 Å². The van der Waals surface area contributed by atoms with Gasteiger partial charge in [0.2, 0.25) is 0 Å². The molecule has 1 aromatic carbocycles. The van der Waals surface area contributed by atoms with Gasteiger partial charge in [-0.2, -0.15) is 0 Å². The number of hydrogen-bond acceptors (Lipinski definition) is 4. The molecule has 1 saturated heterocycles. The molecule has 0 radical (unpaired) electrons. The zero-order chi connectivity index (χ0) is 15.0. The molecule has 2 heterocycles. The van der Waals surface area contributed by atoms with Crippen LogP contribution in [0.3, 0.4) is 0 Å². The van der Waals surface area contributed by atoms with Crippen LogP contribution in [0.1, 0.15) is 31.3 Å². The van der Waals surface area contributed by atoms with Crippen LogP contribution in [-0.4, -0.2) is 41.8 Å². The largest absolute Gasteiger partial charge is 0.458 e. The van der Waals surface area contributed by atoms with E-state index in [1.54, 1.807) is 0 Å². The SMILES string of the molecule is Cc1ccc2oc(C(O)C3CN(C(C)C)CCO3)cc2c1. The summed E-state index contributed by atoms with van der Waals surface area (Å²) in [5, 5.41) is 11.6. The topological polar surface area (TPSA) is 45.8 Å². The average molecular weight is 289 g/mol. The van der Waals surface area contributed by atoms with Crippen molar-refractivity contribution in [1.29, 1.82) is 0 Å². The molecule has 2 atom stereocenters. The van der Waals surface area contributed by atoms with E-state index in [9.17, 15) is 5.11 Å². The highest BCUT2D eigenvalue weighted by molar-refractivity contribution is 5.78. The first kappa shape index (κ1) is 14.6. The fourth-order valence-corrected chi connectivity index (χ4v) is 2.87. The van der Waals surface area contributed by atoms with Crippen molar-refractivity contribution in [3.63, 3.8) is 0 Å². The van der Waals surface area contributed by atoms with Gasteiger partial charge in [0, 0.05) is 24.5 Å². The number of furan rings is 1. The summed E-state index contributed by atoms with van der Waals surface area (Å²) in [5.74, 6) is 0.589. The number of aryl methyl sites for hydroxylation is 1. The van der Waals surface area contributed by atoms with Gasteiger partial charge in [0.1, 0.15) is 23.6 Å². The summed E-state index contributed by atoms with van der Waals surface area (Å²) >= 11 is 0. The maximum absolute atomic E-state index is 10.6. The second-order valence-electron chi connectivity index (χ2n) is 6.13. The fourth-order valence-electron chi connectivity index (χ4n) is 2.87. The average Bonchev–Trinajstić information content (AvgIpc) is 2.89. The van der Waals surface area contributed by atoms with Crippen LogP contribution in [0, 0.1) is 6.92 Å². The van der Waals surface area contributed by atoms with Crippen LogP contribution in [0.25, 0.3) is 11.0 Å². The second-order valence-corrected chi connectivity index (χ2v) is 6.13. The Balaban J connectivity index is 1.81. The van der Waals surface area contributed by atoms with Gasteiger partial charge in [-0.15, -0.1) is 0 Å². The van der Waals surface area contributed by atoms with Crippen LogP contribution in [0.2, 0.25) is 0 Å². The maximum Gasteiger partial charge on any atom is 0.139 e. The Morgan fingerprint density at radius 3 is 2.86 bits per heavy atom. The van der Waals surface area contributed by atoms with E-state index in [2.05, 4.69) is 24.8 Å². The number of fused-ring (bicyclic) bond motifs is 1. The first-order chi connectivity index (χ1) is 10.0. The second kappa shape index (κ2) is 5.79. The van der Waals surface area contributed by atoms with Crippen LogP contribution in [0.4, 0.5) is 0 Å². The highest BCUT2D eigenvalue weighted by atomic mass is 16.5. The van der Waals surface area contributed by atoms with Crippen molar-refractivity contribution >= 4 is 11.0 Å². The third-order valence-electron chi connectivity index (χ3n) is 4.19. The predicted octanol–water partition coefficient (Wildman–Crippen LogP) is 2.88. The Labute approximate surface area is 125 Å². The molecule has 0 saturated carbocycles. The van der Waals surface area contributed by atoms with E-state index in [1.807, 2.05) is 25.1 Å². The quantitative estimate of drug-likeness (QED) is 0.943. The van der Waals surface area contributed by atoms with E-state index in [4.69, 9.17) is 9.15 Å². The van der Waals surface area contributed by atoms with E-state index < -0.39 is 6.10 Å². The maximum atomic E-state index is 10.6. The van der Waals surface area contributed by atoms with Crippen LogP contribution in [0.15, 0.2) is 28.7 Å². The zero-order valence-corrected chi connectivity index (χ0v) is 12.9. The van der Waals surface area contributed by atoms with Gasteiger partial charge in [0.25, 0.3) is 0 Å². The van der Waals surface area contributed by atoms with Crippen LogP contribution < -0.4 is 0 Å². The Kier molecular flexibility index (Phi) is 4.02. The standard InChI is InChI=1S/C17H23NO3/c1-11(2)18-6-7-20-16(10-18)17(19)15-9-13-8-12(3)4-5-14(13)21-15/h4-5,8-9,11,16-17,19H,6-7,10H2,1-3H3. The summed E-state index contributed by atoms with van der Waals surface area (Å²) in [6, 6.07) is 8.41. The molecule has 0 spiro atoms. The number of rotatable bonds is 3. The molecule has 114 valence electrons. The molecule has 3 rings (SSSR count). The van der Waals surface area contributed by atoms with Gasteiger partial charge in [0.05, 0.1) is 6.61 Å². The minimum absolute atomic E-state index is 0.234. The molecule has 1 fully saturated rings. The van der Waals surface area contributed by atoms with Crippen molar-refractivity contribution in [3.8, 4) is 0 Å². The van der Waals surface area contributed by atoms with Gasteiger partial charge in [-0.1, -0.05) is 11.6 Å². The minimum atomic E-state index is -0.723. The Morgan fingerprint density at radius 2 is 2.10 bits per heavy atom. The van der Waals surface area contributed by atoms with Crippen molar-refractivity contribution in [2.45, 2.75) is 39.0 Å². The van der Waals surface area contributed by atoms with Gasteiger partial charge in [-0.25, -0.2) is 0 Å². The van der Waals surface area contributed by atoms with E-state index in [-0.39, 0.29) is 6.10 Å². The number of nitrogens with zero attached hydrogens (tertiary/aromatic N) is 1. The molecule has 0 amide bonds. The Morgan fingerprint density at radius 1 is 1.29 bits per heavy atom. The molecule has 4 nitrogen and oxygen atoms in total. The summed E-state index contributed by atoms with van der Waals surface area (Å²) in [5.41, 5.74) is 2.00. The van der Waals surface area contributed by atoms with E-state index in [0.29, 0.717) is 18.4 Å². The van der Waals surface area contributed by atoms with E-state index >= 15 is 0 Å². The lowest BCUT2D eigenvalue weighted by Crippen LogP contribution is -2.47. The van der Waals surface area contributed by atoms with Crippen LogP contribution in [0.5, 0.6) is 0 Å². The highest BCUT2D eigenvalue weighted by Gasteiger charge is 2.30. The molecule has 1 aliphatic heterocycles. The van der Waals surface area contributed by atoms with Crippen molar-refractivity contribution < 1.29 is 14.3 Å². The fraction of sp³-hybridized carbons (Fsp3) is 0.529. The molecule has 4 heteroatoms. The molecule has 2 aromatic rings. The highest BCUT2D eigenvalue weighted by Crippen LogP contribution is 2.29. The number of aliphatic hydroxyl groups excluding tert-OH is 1. The van der Waals surface area contributed by atoms with Crippen molar-refractivity contribution in [1.82, 2.24) is 4.90 Å².